The van der Waals surface area contributed by atoms with Crippen molar-refractivity contribution < 1.29 is 47.9 Å². The molecule has 0 saturated carbocycles. The van der Waals surface area contributed by atoms with Crippen molar-refractivity contribution in [2.24, 2.45) is 0 Å². The van der Waals surface area contributed by atoms with Crippen molar-refractivity contribution in [1.82, 2.24) is 0 Å². The number of hydrogen-bond donors (Lipinski definition) is 0. The number of sulfone groups is 1. The van der Waals surface area contributed by atoms with E-state index in [1.165, 1.54) is 0 Å². The maximum Gasteiger partial charge on any atom is 1.00 e. The van der Waals surface area contributed by atoms with Crippen LogP contribution in [0.4, 0.5) is 0 Å². The summed E-state index contributed by atoms with van der Waals surface area (Å²) in [6.07, 6.45) is 0.570. The van der Waals surface area contributed by atoms with Crippen LogP contribution in [0, 0.1) is 0 Å². The third-order valence-electron chi connectivity index (χ3n) is 1.63. The first-order valence-electron chi connectivity index (χ1n) is 3.51. The van der Waals surface area contributed by atoms with E-state index < -0.39 is 15.8 Å². The fourth-order valence-electron chi connectivity index (χ4n) is 1.08. The van der Waals surface area contributed by atoms with Gasteiger partial charge in [0.15, 0.2) is 9.84 Å². The molecule has 1 unspecified atom stereocenters. The molecule has 13 heavy (non-hydrogen) atoms. The molecular formula is C6H9NaO4S2. The van der Waals surface area contributed by atoms with Gasteiger partial charge in [-0.25, -0.2) is 8.42 Å². The van der Waals surface area contributed by atoms with Crippen LogP contribution in [0.15, 0.2) is 0 Å². The minimum atomic E-state index is -2.88. The Morgan fingerprint density at radius 1 is 1.54 bits per heavy atom. The number of aliphatic carboxylic acids is 1. The summed E-state index contributed by atoms with van der Waals surface area (Å²) in [5.74, 6) is -0.938. The molecule has 0 aliphatic carbocycles. The van der Waals surface area contributed by atoms with E-state index in [1.807, 2.05) is 0 Å². The second kappa shape index (κ2) is 5.60. The van der Waals surface area contributed by atoms with E-state index in [1.54, 1.807) is 0 Å². The van der Waals surface area contributed by atoms with E-state index in [0.29, 0.717) is 6.42 Å². The topological polar surface area (TPSA) is 74.3 Å². The van der Waals surface area contributed by atoms with Gasteiger partial charge in [-0.2, -0.15) is 11.8 Å². The van der Waals surface area contributed by atoms with Crippen molar-refractivity contribution in [2.75, 3.05) is 17.3 Å². The molecule has 4 nitrogen and oxygen atoms in total. The SMILES string of the molecule is O=C([O-])CSC1CCS(=O)(=O)C1.[Na+]. The minimum absolute atomic E-state index is 0. The Balaban J connectivity index is 0.00000144. The van der Waals surface area contributed by atoms with Gasteiger partial charge in [0, 0.05) is 11.0 Å². The van der Waals surface area contributed by atoms with Crippen molar-refractivity contribution in [3.8, 4) is 0 Å². The number of carboxylic acid groups (broad SMARTS) is 1. The molecule has 0 spiro atoms. The molecule has 0 aromatic rings. The molecular weight excluding hydrogens is 223 g/mol. The number of thioether (sulfide) groups is 1. The van der Waals surface area contributed by atoms with Crippen LogP contribution in [-0.4, -0.2) is 36.9 Å². The Morgan fingerprint density at radius 2 is 2.15 bits per heavy atom. The second-order valence-electron chi connectivity index (χ2n) is 2.71. The van der Waals surface area contributed by atoms with E-state index in [9.17, 15) is 18.3 Å². The van der Waals surface area contributed by atoms with Gasteiger partial charge in [-0.3, -0.25) is 0 Å². The maximum absolute atomic E-state index is 10.9. The van der Waals surface area contributed by atoms with Gasteiger partial charge in [0.2, 0.25) is 0 Å². The van der Waals surface area contributed by atoms with Crippen LogP contribution in [-0.2, 0) is 14.6 Å². The fourth-order valence-corrected chi connectivity index (χ4v) is 4.43. The number of carbonyl (C=O) groups excluding carboxylic acids is 1. The predicted octanol–water partition coefficient (Wildman–Crippen LogP) is -4.34. The molecule has 0 bridgehead atoms. The fraction of sp³-hybridized carbons (Fsp3) is 0.833. The summed E-state index contributed by atoms with van der Waals surface area (Å²) in [6.45, 7) is 0. The molecule has 1 atom stereocenters. The number of hydrogen-bond acceptors (Lipinski definition) is 5. The zero-order valence-electron chi connectivity index (χ0n) is 7.36. The Hall–Kier alpha value is 0.770. The monoisotopic (exact) mass is 232 g/mol. The van der Waals surface area contributed by atoms with Gasteiger partial charge in [-0.05, 0) is 6.42 Å². The van der Waals surface area contributed by atoms with Gasteiger partial charge in [0.25, 0.3) is 0 Å². The summed E-state index contributed by atoms with van der Waals surface area (Å²) in [4.78, 5) is 10.0. The molecule has 0 amide bonds. The van der Waals surface area contributed by atoms with Crippen LogP contribution in [0.2, 0.25) is 0 Å². The summed E-state index contributed by atoms with van der Waals surface area (Å²) in [7, 11) is -2.88. The Bertz CT molecular complexity index is 274. The van der Waals surface area contributed by atoms with Crippen molar-refractivity contribution in [3.05, 3.63) is 0 Å². The van der Waals surface area contributed by atoms with Crippen LogP contribution >= 0.6 is 11.8 Å². The third-order valence-corrected chi connectivity index (χ3v) is 4.88. The first-order valence-corrected chi connectivity index (χ1v) is 6.38. The first-order chi connectivity index (χ1) is 5.49. The van der Waals surface area contributed by atoms with E-state index in [4.69, 9.17) is 0 Å². The van der Waals surface area contributed by atoms with Gasteiger partial charge in [0.05, 0.1) is 17.5 Å². The van der Waals surface area contributed by atoms with Crippen molar-refractivity contribution in [1.29, 1.82) is 0 Å². The maximum atomic E-state index is 10.9. The van der Waals surface area contributed by atoms with Crippen LogP contribution in [0.3, 0.4) is 0 Å². The molecule has 0 N–H and O–H groups in total. The molecule has 1 rings (SSSR count). The number of rotatable bonds is 3. The van der Waals surface area contributed by atoms with E-state index in [2.05, 4.69) is 0 Å². The van der Waals surface area contributed by atoms with E-state index in [-0.39, 0.29) is 52.1 Å². The average molecular weight is 232 g/mol. The first kappa shape index (κ1) is 13.8. The summed E-state index contributed by atoms with van der Waals surface area (Å²) < 4.78 is 21.8. The minimum Gasteiger partial charge on any atom is -0.549 e. The largest absolute Gasteiger partial charge is 1.00 e. The van der Waals surface area contributed by atoms with E-state index in [0.717, 1.165) is 11.8 Å². The number of carbonyl (C=O) groups is 1. The number of carboxylic acids is 1. The predicted molar refractivity (Wildman–Crippen MR) is 44.5 cm³/mol. The molecule has 0 aromatic heterocycles. The molecule has 1 fully saturated rings. The molecule has 1 aliphatic heterocycles. The summed E-state index contributed by atoms with van der Waals surface area (Å²) in [5, 5.41) is 9.99. The molecule has 1 aliphatic rings. The Morgan fingerprint density at radius 3 is 2.54 bits per heavy atom. The summed E-state index contributed by atoms with van der Waals surface area (Å²) in [5.41, 5.74) is 0. The quantitative estimate of drug-likeness (QED) is 0.460. The molecule has 70 valence electrons. The van der Waals surface area contributed by atoms with Crippen LogP contribution in [0.5, 0.6) is 0 Å². The second-order valence-corrected chi connectivity index (χ2v) is 6.23. The van der Waals surface area contributed by atoms with Crippen LogP contribution in [0.1, 0.15) is 6.42 Å². The Kier molecular flexibility index (Phi) is 5.93. The standard InChI is InChI=1S/C6H10O4S2.Na/c7-6(8)3-11-5-1-2-12(9,10)4-5;/h5H,1-4H2,(H,7,8);/q;+1/p-1. The molecule has 0 aromatic carbocycles. The zero-order chi connectivity index (χ0) is 9.19. The zero-order valence-corrected chi connectivity index (χ0v) is 11.0. The van der Waals surface area contributed by atoms with Crippen LogP contribution in [0.25, 0.3) is 0 Å². The molecule has 1 saturated heterocycles. The average Bonchev–Trinajstić information content (AvgIpc) is 2.26. The smallest absolute Gasteiger partial charge is 0.549 e. The molecule has 1 heterocycles. The third kappa shape index (κ3) is 5.27. The van der Waals surface area contributed by atoms with Gasteiger partial charge in [-0.15, -0.1) is 0 Å². The van der Waals surface area contributed by atoms with Crippen molar-refractivity contribution in [2.45, 2.75) is 11.7 Å². The summed E-state index contributed by atoms with van der Waals surface area (Å²) in [6, 6.07) is 0. The molecule has 0 radical (unpaired) electrons. The van der Waals surface area contributed by atoms with Gasteiger partial charge >= 0.3 is 29.6 Å². The van der Waals surface area contributed by atoms with Gasteiger partial charge in [0.1, 0.15) is 0 Å². The van der Waals surface area contributed by atoms with E-state index >= 15 is 0 Å². The van der Waals surface area contributed by atoms with Crippen LogP contribution < -0.4 is 34.7 Å². The summed E-state index contributed by atoms with van der Waals surface area (Å²) >= 11 is 1.15. The normalized spacial score (nSPS) is 25.1. The van der Waals surface area contributed by atoms with Gasteiger partial charge in [-0.1, -0.05) is 0 Å². The van der Waals surface area contributed by atoms with Crippen molar-refractivity contribution in [3.63, 3.8) is 0 Å². The Labute approximate surface area is 104 Å². The van der Waals surface area contributed by atoms with Crippen molar-refractivity contribution >= 4 is 27.6 Å². The molecule has 7 heteroatoms. The van der Waals surface area contributed by atoms with Gasteiger partial charge < -0.3 is 9.90 Å².